The molecule has 1 rings (SSSR count). The lowest BCUT2D eigenvalue weighted by molar-refractivity contribution is 0.101. The van der Waals surface area contributed by atoms with E-state index in [2.05, 4.69) is 9.24 Å². The summed E-state index contributed by atoms with van der Waals surface area (Å²) in [6.07, 6.45) is 0. The Hall–Kier alpha value is -0.680. The summed E-state index contributed by atoms with van der Waals surface area (Å²) in [5.41, 5.74) is 0.785. The zero-order valence-corrected chi connectivity index (χ0v) is 8.95. The fourth-order valence-electron chi connectivity index (χ4n) is 0.818. The van der Waals surface area contributed by atoms with Crippen LogP contribution in [0, 0.1) is 0 Å². The van der Waals surface area contributed by atoms with Crippen molar-refractivity contribution in [3.8, 4) is 0 Å². The van der Waals surface area contributed by atoms with Gasteiger partial charge in [0, 0.05) is 5.56 Å². The van der Waals surface area contributed by atoms with Crippen LogP contribution in [0.25, 0.3) is 0 Å². The molecule has 0 heterocycles. The molecule has 0 aliphatic carbocycles. The van der Waals surface area contributed by atoms with Crippen molar-refractivity contribution in [3.05, 3.63) is 29.8 Å². The summed E-state index contributed by atoms with van der Waals surface area (Å²) in [6.45, 7) is 5.57. The zero-order valence-electron chi connectivity index (χ0n) is 7.79. The van der Waals surface area contributed by atoms with Crippen LogP contribution in [0.5, 0.6) is 0 Å². The number of carbonyl (C=O) groups is 1. The third-order valence-electron chi connectivity index (χ3n) is 1.34. The fourth-order valence-corrected chi connectivity index (χ4v) is 1.23. The van der Waals surface area contributed by atoms with E-state index in [4.69, 9.17) is 0 Å². The summed E-state index contributed by atoms with van der Waals surface area (Å²) in [5.74, 6) is 0.116. The molecule has 0 fully saturated rings. The molecule has 66 valence electrons. The highest BCUT2D eigenvalue weighted by Crippen LogP contribution is 2.00. The summed E-state index contributed by atoms with van der Waals surface area (Å²) in [6, 6.07) is 7.51. The first-order valence-corrected chi connectivity index (χ1v) is 4.65. The standard InChI is InChI=1S/C8H9OP.C2H6/c1-6(9)7-4-2-3-5-8(7)10;1-2/h2-5H,10H2,1H3;1-2H3. The number of hydrogen-bond acceptors (Lipinski definition) is 1. The largest absolute Gasteiger partial charge is 0.294 e. The van der Waals surface area contributed by atoms with Crippen LogP contribution in [0.2, 0.25) is 0 Å². The number of carbonyl (C=O) groups excluding carboxylic acids is 1. The average molecular weight is 182 g/mol. The van der Waals surface area contributed by atoms with Crippen molar-refractivity contribution in [1.29, 1.82) is 0 Å². The van der Waals surface area contributed by atoms with Gasteiger partial charge in [-0.2, -0.15) is 0 Å². The number of benzene rings is 1. The van der Waals surface area contributed by atoms with E-state index < -0.39 is 0 Å². The zero-order chi connectivity index (χ0) is 9.56. The molecule has 0 N–H and O–H groups in total. The summed E-state index contributed by atoms with van der Waals surface area (Å²) in [7, 11) is 2.53. The molecule has 2 heteroatoms. The van der Waals surface area contributed by atoms with E-state index >= 15 is 0 Å². The minimum atomic E-state index is 0.116. The molecule has 0 saturated heterocycles. The SMILES string of the molecule is CC.CC(=O)c1ccccc1P. The van der Waals surface area contributed by atoms with Crippen molar-refractivity contribution in [3.63, 3.8) is 0 Å². The third kappa shape index (κ3) is 3.15. The molecule has 1 unspecified atom stereocenters. The molecule has 1 aromatic rings. The van der Waals surface area contributed by atoms with E-state index in [0.29, 0.717) is 0 Å². The van der Waals surface area contributed by atoms with Gasteiger partial charge in [-0.3, -0.25) is 4.79 Å². The first-order valence-electron chi connectivity index (χ1n) is 4.07. The van der Waals surface area contributed by atoms with Gasteiger partial charge in [0.25, 0.3) is 0 Å². The second kappa shape index (κ2) is 5.91. The van der Waals surface area contributed by atoms with Crippen LogP contribution < -0.4 is 5.30 Å². The van der Waals surface area contributed by atoms with Crippen LogP contribution in [-0.2, 0) is 0 Å². The van der Waals surface area contributed by atoms with Gasteiger partial charge in [-0.15, -0.1) is 9.24 Å². The number of Topliss-reactive ketones (excluding diaryl/α,β-unsaturated/α-hetero) is 1. The predicted octanol–water partition coefficient (Wildman–Crippen LogP) is 2.42. The molecule has 0 radical (unpaired) electrons. The van der Waals surface area contributed by atoms with Gasteiger partial charge in [-0.05, 0) is 12.2 Å². The van der Waals surface area contributed by atoms with E-state index in [1.807, 2.05) is 38.1 Å². The van der Waals surface area contributed by atoms with Gasteiger partial charge >= 0.3 is 0 Å². The van der Waals surface area contributed by atoms with Crippen molar-refractivity contribution in [2.45, 2.75) is 20.8 Å². The highest BCUT2D eigenvalue weighted by atomic mass is 31.0. The highest BCUT2D eigenvalue weighted by molar-refractivity contribution is 7.27. The Balaban J connectivity index is 0.000000561. The molecule has 1 aromatic carbocycles. The van der Waals surface area contributed by atoms with Gasteiger partial charge < -0.3 is 0 Å². The number of hydrogen-bond donors (Lipinski definition) is 0. The van der Waals surface area contributed by atoms with Crippen LogP contribution >= 0.6 is 9.24 Å². The van der Waals surface area contributed by atoms with E-state index in [1.165, 1.54) is 0 Å². The minimum absolute atomic E-state index is 0.116. The monoisotopic (exact) mass is 182 g/mol. The summed E-state index contributed by atoms with van der Waals surface area (Å²) in [4.78, 5) is 10.9. The van der Waals surface area contributed by atoms with Crippen LogP contribution in [0.15, 0.2) is 24.3 Å². The van der Waals surface area contributed by atoms with E-state index in [0.717, 1.165) is 10.9 Å². The van der Waals surface area contributed by atoms with Crippen molar-refractivity contribution in [2.24, 2.45) is 0 Å². The predicted molar refractivity (Wildman–Crippen MR) is 57.1 cm³/mol. The average Bonchev–Trinajstić information content (AvgIpc) is 2.08. The van der Waals surface area contributed by atoms with Crippen LogP contribution in [0.3, 0.4) is 0 Å². The molecule has 12 heavy (non-hydrogen) atoms. The normalized spacial score (nSPS) is 8.33. The quantitative estimate of drug-likeness (QED) is 0.481. The first-order chi connectivity index (χ1) is 5.72. The van der Waals surface area contributed by atoms with Gasteiger partial charge in [0.2, 0.25) is 0 Å². The lowest BCUT2D eigenvalue weighted by atomic mass is 10.1. The number of ketones is 1. The van der Waals surface area contributed by atoms with Gasteiger partial charge in [-0.1, -0.05) is 38.1 Å². The molecule has 0 amide bonds. The maximum absolute atomic E-state index is 10.9. The van der Waals surface area contributed by atoms with Crippen LogP contribution in [0.1, 0.15) is 31.1 Å². The summed E-state index contributed by atoms with van der Waals surface area (Å²) < 4.78 is 0. The van der Waals surface area contributed by atoms with Crippen molar-refractivity contribution < 1.29 is 4.79 Å². The minimum Gasteiger partial charge on any atom is -0.294 e. The molecule has 1 atom stereocenters. The summed E-state index contributed by atoms with van der Waals surface area (Å²) >= 11 is 0. The Morgan fingerprint density at radius 3 is 2.08 bits per heavy atom. The van der Waals surface area contributed by atoms with Gasteiger partial charge in [0.1, 0.15) is 0 Å². The molecular formula is C10H15OP. The maximum atomic E-state index is 10.9. The topological polar surface area (TPSA) is 17.1 Å². The summed E-state index contributed by atoms with van der Waals surface area (Å²) in [5, 5.41) is 0.968. The molecule has 1 nitrogen and oxygen atoms in total. The van der Waals surface area contributed by atoms with Gasteiger partial charge in [0.15, 0.2) is 5.78 Å². The van der Waals surface area contributed by atoms with Crippen LogP contribution in [-0.4, -0.2) is 5.78 Å². The van der Waals surface area contributed by atoms with Crippen molar-refractivity contribution in [1.82, 2.24) is 0 Å². The first kappa shape index (κ1) is 11.3. The Labute approximate surface area is 76.4 Å². The number of rotatable bonds is 1. The Bertz CT molecular complexity index is 256. The Morgan fingerprint density at radius 1 is 1.25 bits per heavy atom. The molecule has 0 aliphatic rings. The smallest absolute Gasteiger partial charge is 0.160 e. The van der Waals surface area contributed by atoms with Gasteiger partial charge in [0.05, 0.1) is 0 Å². The van der Waals surface area contributed by atoms with Crippen LogP contribution in [0.4, 0.5) is 0 Å². The molecule has 0 spiro atoms. The van der Waals surface area contributed by atoms with Crippen molar-refractivity contribution >= 4 is 20.3 Å². The Morgan fingerprint density at radius 2 is 1.75 bits per heavy atom. The maximum Gasteiger partial charge on any atom is 0.160 e. The lowest BCUT2D eigenvalue weighted by Gasteiger charge is -1.97. The van der Waals surface area contributed by atoms with E-state index in [-0.39, 0.29) is 5.78 Å². The van der Waals surface area contributed by atoms with Gasteiger partial charge in [-0.25, -0.2) is 0 Å². The third-order valence-corrected chi connectivity index (χ3v) is 1.84. The fraction of sp³-hybridized carbons (Fsp3) is 0.300. The Kier molecular flexibility index (Phi) is 5.57. The van der Waals surface area contributed by atoms with E-state index in [9.17, 15) is 4.79 Å². The lowest BCUT2D eigenvalue weighted by Crippen LogP contribution is -2.04. The highest BCUT2D eigenvalue weighted by Gasteiger charge is 1.99. The molecule has 0 saturated carbocycles. The van der Waals surface area contributed by atoms with Crippen molar-refractivity contribution in [2.75, 3.05) is 0 Å². The molecule has 0 bridgehead atoms. The second-order valence-electron chi connectivity index (χ2n) is 2.14. The molecule has 0 aliphatic heterocycles. The molecular weight excluding hydrogens is 167 g/mol. The molecule has 0 aromatic heterocycles. The van der Waals surface area contributed by atoms with E-state index in [1.54, 1.807) is 6.92 Å². The second-order valence-corrected chi connectivity index (χ2v) is 2.77.